The van der Waals surface area contributed by atoms with E-state index in [0.29, 0.717) is 0 Å². The lowest BCUT2D eigenvalue weighted by molar-refractivity contribution is 0.0600. The summed E-state index contributed by atoms with van der Waals surface area (Å²) in [4.78, 5) is 14.4. The third-order valence-corrected chi connectivity index (χ3v) is 2.54. The minimum absolute atomic E-state index is 0.01000. The number of nitrogens with zero attached hydrogens (tertiary/aromatic N) is 1. The maximum absolute atomic E-state index is 13.7. The molecule has 0 N–H and O–H groups in total. The fourth-order valence-corrected chi connectivity index (χ4v) is 1.50. The van der Waals surface area contributed by atoms with Crippen molar-refractivity contribution in [2.24, 2.45) is 0 Å². The van der Waals surface area contributed by atoms with Crippen LogP contribution >= 0.6 is 15.9 Å². The van der Waals surface area contributed by atoms with E-state index in [1.54, 1.807) is 0 Å². The fraction of sp³-hybridized carbons (Fsp3) is 0.0909. The van der Waals surface area contributed by atoms with Crippen molar-refractivity contribution in [1.29, 1.82) is 0 Å². The quantitative estimate of drug-likeness (QED) is 0.616. The van der Waals surface area contributed by atoms with Crippen LogP contribution in [0.15, 0.2) is 23.2 Å². The third-order valence-electron chi connectivity index (χ3n) is 1.92. The number of carbonyl (C=O) groups is 1. The molecule has 0 heterocycles. The number of hydrogen-bond donors (Lipinski definition) is 0. The van der Waals surface area contributed by atoms with E-state index in [9.17, 15) is 9.18 Å². The van der Waals surface area contributed by atoms with Gasteiger partial charge >= 0.3 is 5.97 Å². The Bertz CT molecular complexity index is 505. The van der Waals surface area contributed by atoms with Gasteiger partial charge in [-0.2, -0.15) is 0 Å². The van der Waals surface area contributed by atoms with Crippen LogP contribution in [0.1, 0.15) is 15.9 Å². The second kappa shape index (κ2) is 4.90. The summed E-state index contributed by atoms with van der Waals surface area (Å²) >= 11 is 2.98. The molecule has 0 aliphatic heterocycles. The number of benzene rings is 1. The lowest BCUT2D eigenvalue weighted by Gasteiger charge is -2.08. The highest BCUT2D eigenvalue weighted by Crippen LogP contribution is 2.28. The second-order valence-electron chi connectivity index (χ2n) is 2.83. The largest absolute Gasteiger partial charge is 0.465 e. The summed E-state index contributed by atoms with van der Waals surface area (Å²) in [6.45, 7) is 10.2. The molecule has 1 aromatic rings. The Labute approximate surface area is 100 Å². The summed E-state index contributed by atoms with van der Waals surface area (Å²) in [5, 5.41) is 0. The molecular formula is C11H7BrFNO2. The maximum Gasteiger partial charge on any atom is 0.337 e. The van der Waals surface area contributed by atoms with Crippen molar-refractivity contribution in [2.75, 3.05) is 7.11 Å². The molecule has 0 saturated carbocycles. The number of halogens is 2. The molecule has 0 amide bonds. The van der Waals surface area contributed by atoms with E-state index in [2.05, 4.69) is 32.1 Å². The predicted octanol–water partition coefficient (Wildman–Crippen LogP) is 3.26. The van der Waals surface area contributed by atoms with Crippen LogP contribution in [-0.4, -0.2) is 13.1 Å². The van der Waals surface area contributed by atoms with Gasteiger partial charge in [0.2, 0.25) is 0 Å². The standard InChI is InChI=1S/C11H7BrFNO2/c1-6(14-2)9-7(11(15)16-3)4-5-8(12)10(9)13/h4-5H,1H2,3H3. The van der Waals surface area contributed by atoms with Gasteiger partial charge in [0.25, 0.3) is 0 Å². The van der Waals surface area contributed by atoms with Crippen LogP contribution in [0, 0.1) is 12.4 Å². The summed E-state index contributed by atoms with van der Waals surface area (Å²) in [5.74, 6) is -1.39. The third kappa shape index (κ3) is 2.12. The summed E-state index contributed by atoms with van der Waals surface area (Å²) in [6.07, 6.45) is 0. The summed E-state index contributed by atoms with van der Waals surface area (Å²) in [6, 6.07) is 2.76. The molecule has 3 nitrogen and oxygen atoms in total. The SMILES string of the molecule is [C-]#[N+]C(=C)c1c(C(=O)OC)ccc(Br)c1F. The number of hydrogen-bond acceptors (Lipinski definition) is 2. The zero-order chi connectivity index (χ0) is 12.3. The van der Waals surface area contributed by atoms with E-state index in [4.69, 9.17) is 6.57 Å². The first kappa shape index (κ1) is 12.4. The van der Waals surface area contributed by atoms with Crippen LogP contribution in [0.2, 0.25) is 0 Å². The minimum Gasteiger partial charge on any atom is -0.465 e. The zero-order valence-electron chi connectivity index (χ0n) is 8.38. The molecule has 1 aromatic carbocycles. The molecule has 0 unspecified atom stereocenters. The monoisotopic (exact) mass is 283 g/mol. The number of methoxy groups -OCH3 is 1. The smallest absolute Gasteiger partial charge is 0.337 e. The Morgan fingerprint density at radius 2 is 2.25 bits per heavy atom. The molecule has 0 bridgehead atoms. The van der Waals surface area contributed by atoms with E-state index in [1.807, 2.05) is 0 Å². The molecule has 0 aliphatic rings. The molecule has 0 radical (unpaired) electrons. The minimum atomic E-state index is -0.703. The van der Waals surface area contributed by atoms with E-state index < -0.39 is 11.8 Å². The molecule has 5 heteroatoms. The molecule has 0 saturated heterocycles. The van der Waals surface area contributed by atoms with Gasteiger partial charge in [-0.05, 0) is 28.1 Å². The van der Waals surface area contributed by atoms with Gasteiger partial charge in [0.15, 0.2) is 5.70 Å². The molecule has 0 spiro atoms. The number of esters is 1. The number of carbonyl (C=O) groups excluding carboxylic acids is 1. The average Bonchev–Trinajstić information content (AvgIpc) is 2.30. The van der Waals surface area contributed by atoms with Gasteiger partial charge in [0, 0.05) is 5.56 Å². The van der Waals surface area contributed by atoms with Gasteiger partial charge in [0.05, 0.1) is 23.7 Å². The normalized spacial score (nSPS) is 9.38. The Kier molecular flexibility index (Phi) is 3.80. The number of rotatable bonds is 2. The van der Waals surface area contributed by atoms with E-state index in [1.165, 1.54) is 19.2 Å². The van der Waals surface area contributed by atoms with Crippen LogP contribution in [0.5, 0.6) is 0 Å². The van der Waals surface area contributed by atoms with Crippen LogP contribution < -0.4 is 0 Å². The van der Waals surface area contributed by atoms with Gasteiger partial charge in [-0.15, -0.1) is 0 Å². The zero-order valence-corrected chi connectivity index (χ0v) is 9.97. The molecule has 0 atom stereocenters. The highest BCUT2D eigenvalue weighted by molar-refractivity contribution is 9.10. The number of ether oxygens (including phenoxy) is 1. The first-order chi connectivity index (χ1) is 7.52. The second-order valence-corrected chi connectivity index (χ2v) is 3.69. The van der Waals surface area contributed by atoms with Crippen molar-refractivity contribution >= 4 is 27.6 Å². The van der Waals surface area contributed by atoms with Crippen molar-refractivity contribution in [3.63, 3.8) is 0 Å². The Balaban J connectivity index is 3.52. The van der Waals surface area contributed by atoms with E-state index in [0.717, 1.165) is 0 Å². The van der Waals surface area contributed by atoms with Crippen molar-refractivity contribution in [1.82, 2.24) is 0 Å². The lowest BCUT2D eigenvalue weighted by atomic mass is 10.0. The van der Waals surface area contributed by atoms with Gasteiger partial charge in [-0.25, -0.2) is 14.0 Å². The molecule has 1 rings (SSSR count). The van der Waals surface area contributed by atoms with Crippen LogP contribution in [0.25, 0.3) is 10.5 Å². The molecule has 0 aliphatic carbocycles. The van der Waals surface area contributed by atoms with Crippen molar-refractivity contribution in [2.45, 2.75) is 0 Å². The maximum atomic E-state index is 13.7. The summed E-state index contributed by atoms with van der Waals surface area (Å²) in [7, 11) is 1.19. The fourth-order valence-electron chi connectivity index (χ4n) is 1.17. The first-order valence-electron chi connectivity index (χ1n) is 4.16. The lowest BCUT2D eigenvalue weighted by Crippen LogP contribution is -2.06. The Hall–Kier alpha value is -1.67. The Morgan fingerprint density at radius 3 is 2.75 bits per heavy atom. The predicted molar refractivity (Wildman–Crippen MR) is 61.1 cm³/mol. The van der Waals surface area contributed by atoms with Crippen molar-refractivity contribution < 1.29 is 13.9 Å². The van der Waals surface area contributed by atoms with Crippen molar-refractivity contribution in [3.05, 3.63) is 51.5 Å². The topological polar surface area (TPSA) is 30.7 Å². The van der Waals surface area contributed by atoms with Gasteiger partial charge in [-0.3, -0.25) is 0 Å². The van der Waals surface area contributed by atoms with Gasteiger partial charge in [0.1, 0.15) is 5.82 Å². The summed E-state index contributed by atoms with van der Waals surface area (Å²) < 4.78 is 18.4. The molecule has 16 heavy (non-hydrogen) atoms. The molecule has 0 fully saturated rings. The van der Waals surface area contributed by atoms with Crippen molar-refractivity contribution in [3.8, 4) is 0 Å². The Morgan fingerprint density at radius 1 is 1.62 bits per heavy atom. The van der Waals surface area contributed by atoms with Gasteiger partial charge < -0.3 is 4.74 Å². The van der Waals surface area contributed by atoms with E-state index in [-0.39, 0.29) is 21.3 Å². The van der Waals surface area contributed by atoms with Crippen LogP contribution in [0.3, 0.4) is 0 Å². The summed E-state index contributed by atoms with van der Waals surface area (Å²) in [5.41, 5.74) is -0.278. The molecular weight excluding hydrogens is 277 g/mol. The van der Waals surface area contributed by atoms with Gasteiger partial charge in [-0.1, -0.05) is 6.58 Å². The van der Waals surface area contributed by atoms with E-state index >= 15 is 0 Å². The van der Waals surface area contributed by atoms with Crippen LogP contribution in [0.4, 0.5) is 4.39 Å². The first-order valence-corrected chi connectivity index (χ1v) is 4.95. The van der Waals surface area contributed by atoms with Crippen LogP contribution in [-0.2, 0) is 4.74 Å². The highest BCUT2D eigenvalue weighted by Gasteiger charge is 2.20. The average molecular weight is 284 g/mol. The highest BCUT2D eigenvalue weighted by atomic mass is 79.9. The molecule has 82 valence electrons. The molecule has 0 aromatic heterocycles.